The Bertz CT molecular complexity index is 523. The molecule has 0 saturated carbocycles. The SMILES string of the molecule is COc1cccc(-n2ncc(CCO)c2OC)c1. The van der Waals surface area contributed by atoms with E-state index in [4.69, 9.17) is 14.6 Å². The molecule has 0 atom stereocenters. The molecule has 5 nitrogen and oxygen atoms in total. The van der Waals surface area contributed by atoms with Crippen LogP contribution >= 0.6 is 0 Å². The van der Waals surface area contributed by atoms with Crippen molar-refractivity contribution in [1.29, 1.82) is 0 Å². The summed E-state index contributed by atoms with van der Waals surface area (Å²) >= 11 is 0. The second-order valence-electron chi connectivity index (χ2n) is 3.77. The van der Waals surface area contributed by atoms with Crippen LogP contribution in [0.4, 0.5) is 0 Å². The highest BCUT2D eigenvalue weighted by Crippen LogP contribution is 2.24. The number of ether oxygens (including phenoxy) is 2. The zero-order valence-electron chi connectivity index (χ0n) is 10.5. The Morgan fingerprint density at radius 2 is 2.11 bits per heavy atom. The molecular weight excluding hydrogens is 232 g/mol. The van der Waals surface area contributed by atoms with Crippen LogP contribution in [0.15, 0.2) is 30.5 Å². The minimum absolute atomic E-state index is 0.0696. The quantitative estimate of drug-likeness (QED) is 0.869. The van der Waals surface area contributed by atoms with Crippen LogP contribution in [0, 0.1) is 0 Å². The number of hydrogen-bond acceptors (Lipinski definition) is 4. The van der Waals surface area contributed by atoms with Crippen molar-refractivity contribution in [2.75, 3.05) is 20.8 Å². The molecule has 0 spiro atoms. The van der Waals surface area contributed by atoms with Crippen molar-refractivity contribution in [3.63, 3.8) is 0 Å². The summed E-state index contributed by atoms with van der Waals surface area (Å²) in [5.74, 6) is 1.39. The smallest absolute Gasteiger partial charge is 0.219 e. The first kappa shape index (κ1) is 12.4. The highest BCUT2D eigenvalue weighted by atomic mass is 16.5. The molecule has 0 amide bonds. The minimum atomic E-state index is 0.0696. The second kappa shape index (κ2) is 5.55. The van der Waals surface area contributed by atoms with Crippen LogP contribution in [0.25, 0.3) is 5.69 Å². The normalized spacial score (nSPS) is 10.4. The number of benzene rings is 1. The Hall–Kier alpha value is -2.01. The molecule has 0 aliphatic carbocycles. The van der Waals surface area contributed by atoms with E-state index >= 15 is 0 Å². The zero-order chi connectivity index (χ0) is 13.0. The lowest BCUT2D eigenvalue weighted by molar-refractivity contribution is 0.296. The van der Waals surface area contributed by atoms with Crippen molar-refractivity contribution in [3.05, 3.63) is 36.0 Å². The molecule has 0 bridgehead atoms. The fraction of sp³-hybridized carbons (Fsp3) is 0.308. The highest BCUT2D eigenvalue weighted by molar-refractivity contribution is 5.42. The van der Waals surface area contributed by atoms with Gasteiger partial charge in [-0.25, -0.2) is 4.68 Å². The molecule has 1 heterocycles. The molecule has 1 aromatic heterocycles. The molecule has 1 N–H and O–H groups in total. The lowest BCUT2D eigenvalue weighted by Crippen LogP contribution is -2.01. The van der Waals surface area contributed by atoms with Gasteiger partial charge in [0.1, 0.15) is 5.75 Å². The van der Waals surface area contributed by atoms with Gasteiger partial charge in [-0.1, -0.05) is 6.07 Å². The Kier molecular flexibility index (Phi) is 3.84. The topological polar surface area (TPSA) is 56.5 Å². The third-order valence-corrected chi connectivity index (χ3v) is 2.67. The summed E-state index contributed by atoms with van der Waals surface area (Å²) < 4.78 is 12.2. The molecule has 0 saturated heterocycles. The summed E-state index contributed by atoms with van der Waals surface area (Å²) in [5, 5.41) is 13.3. The first-order valence-corrected chi connectivity index (χ1v) is 5.66. The van der Waals surface area contributed by atoms with Crippen molar-refractivity contribution in [2.45, 2.75) is 6.42 Å². The number of aliphatic hydroxyl groups excluding tert-OH is 1. The molecule has 2 rings (SSSR count). The third-order valence-electron chi connectivity index (χ3n) is 2.67. The predicted octanol–water partition coefficient (Wildman–Crippen LogP) is 1.42. The van der Waals surface area contributed by atoms with Crippen molar-refractivity contribution < 1.29 is 14.6 Å². The van der Waals surface area contributed by atoms with Crippen LogP contribution < -0.4 is 9.47 Å². The van der Waals surface area contributed by atoms with Gasteiger partial charge in [0.05, 0.1) is 26.1 Å². The molecule has 0 radical (unpaired) electrons. The van der Waals surface area contributed by atoms with Crippen LogP contribution in [0.3, 0.4) is 0 Å². The Morgan fingerprint density at radius 3 is 2.78 bits per heavy atom. The van der Waals surface area contributed by atoms with Crippen LogP contribution in [-0.2, 0) is 6.42 Å². The van der Waals surface area contributed by atoms with Gasteiger partial charge in [0, 0.05) is 24.7 Å². The summed E-state index contributed by atoms with van der Waals surface area (Å²) in [7, 11) is 3.21. The van der Waals surface area contributed by atoms with Gasteiger partial charge in [0.15, 0.2) is 0 Å². The first-order valence-electron chi connectivity index (χ1n) is 5.66. The summed E-state index contributed by atoms with van der Waals surface area (Å²) in [4.78, 5) is 0. The van der Waals surface area contributed by atoms with E-state index in [0.29, 0.717) is 12.3 Å². The molecule has 0 unspecified atom stereocenters. The maximum Gasteiger partial charge on any atom is 0.219 e. The monoisotopic (exact) mass is 248 g/mol. The fourth-order valence-corrected chi connectivity index (χ4v) is 1.81. The van der Waals surface area contributed by atoms with Gasteiger partial charge in [-0.15, -0.1) is 0 Å². The summed E-state index contributed by atoms with van der Waals surface area (Å²) in [6.45, 7) is 0.0696. The highest BCUT2D eigenvalue weighted by Gasteiger charge is 2.12. The molecular formula is C13H16N2O3. The van der Waals surface area contributed by atoms with Crippen molar-refractivity contribution in [3.8, 4) is 17.3 Å². The lowest BCUT2D eigenvalue weighted by atomic mass is 10.2. The number of nitrogens with zero attached hydrogens (tertiary/aromatic N) is 2. The van der Waals surface area contributed by atoms with E-state index in [1.165, 1.54) is 0 Å². The van der Waals surface area contributed by atoms with Crippen molar-refractivity contribution in [1.82, 2.24) is 9.78 Å². The maximum absolute atomic E-state index is 8.99. The van der Waals surface area contributed by atoms with Crippen LogP contribution in [0.5, 0.6) is 11.6 Å². The van der Waals surface area contributed by atoms with Gasteiger partial charge in [-0.2, -0.15) is 5.10 Å². The number of aromatic nitrogens is 2. The van der Waals surface area contributed by atoms with E-state index in [-0.39, 0.29) is 6.61 Å². The average Bonchev–Trinajstić information content (AvgIpc) is 2.82. The number of methoxy groups -OCH3 is 2. The Labute approximate surface area is 106 Å². The fourth-order valence-electron chi connectivity index (χ4n) is 1.81. The van der Waals surface area contributed by atoms with Gasteiger partial charge in [-0.05, 0) is 12.1 Å². The van der Waals surface area contributed by atoms with Gasteiger partial charge < -0.3 is 14.6 Å². The van der Waals surface area contributed by atoms with Gasteiger partial charge in [-0.3, -0.25) is 0 Å². The molecule has 1 aromatic carbocycles. The molecule has 96 valence electrons. The van der Waals surface area contributed by atoms with Crippen LogP contribution in [-0.4, -0.2) is 35.7 Å². The maximum atomic E-state index is 8.99. The second-order valence-corrected chi connectivity index (χ2v) is 3.77. The molecule has 0 fully saturated rings. The summed E-state index contributed by atoms with van der Waals surface area (Å²) in [6.07, 6.45) is 2.22. The van der Waals surface area contributed by atoms with E-state index in [9.17, 15) is 0 Å². The lowest BCUT2D eigenvalue weighted by Gasteiger charge is -2.09. The molecule has 2 aromatic rings. The standard InChI is InChI=1S/C13H16N2O3/c1-17-12-5-3-4-11(8-12)15-13(18-2)10(6-7-16)9-14-15/h3-5,8-9,16H,6-7H2,1-2H3. The first-order chi connectivity index (χ1) is 8.80. The van der Waals surface area contributed by atoms with Gasteiger partial charge >= 0.3 is 0 Å². The van der Waals surface area contributed by atoms with Crippen molar-refractivity contribution >= 4 is 0 Å². The largest absolute Gasteiger partial charge is 0.497 e. The van der Waals surface area contributed by atoms with Gasteiger partial charge in [0.2, 0.25) is 5.88 Å². The molecule has 5 heteroatoms. The number of rotatable bonds is 5. The van der Waals surface area contributed by atoms with Crippen molar-refractivity contribution in [2.24, 2.45) is 0 Å². The van der Waals surface area contributed by atoms with E-state index in [2.05, 4.69) is 5.10 Å². The molecule has 0 aliphatic heterocycles. The van der Waals surface area contributed by atoms with E-state index in [0.717, 1.165) is 17.0 Å². The van der Waals surface area contributed by atoms with Gasteiger partial charge in [0.25, 0.3) is 0 Å². The third kappa shape index (κ3) is 2.31. The zero-order valence-corrected chi connectivity index (χ0v) is 10.5. The van der Waals surface area contributed by atoms with Crippen LogP contribution in [0.2, 0.25) is 0 Å². The summed E-state index contributed by atoms with van der Waals surface area (Å²) in [6, 6.07) is 7.55. The Morgan fingerprint density at radius 1 is 1.28 bits per heavy atom. The van der Waals surface area contributed by atoms with E-state index in [1.807, 2.05) is 24.3 Å². The van der Waals surface area contributed by atoms with E-state index < -0.39 is 0 Å². The van der Waals surface area contributed by atoms with Crippen LogP contribution in [0.1, 0.15) is 5.56 Å². The number of hydrogen-bond donors (Lipinski definition) is 1. The Balaban J connectivity index is 2.43. The average molecular weight is 248 g/mol. The molecule has 0 aliphatic rings. The summed E-state index contributed by atoms with van der Waals surface area (Å²) in [5.41, 5.74) is 1.73. The van der Waals surface area contributed by atoms with E-state index in [1.54, 1.807) is 25.1 Å². The number of aliphatic hydroxyl groups is 1. The predicted molar refractivity (Wildman–Crippen MR) is 67.5 cm³/mol. The minimum Gasteiger partial charge on any atom is -0.497 e. The molecule has 18 heavy (non-hydrogen) atoms.